The summed E-state index contributed by atoms with van der Waals surface area (Å²) in [7, 11) is 1.38. The van der Waals surface area contributed by atoms with Crippen molar-refractivity contribution in [2.45, 2.75) is 19.9 Å². The van der Waals surface area contributed by atoms with Gasteiger partial charge in [0.05, 0.1) is 0 Å². The highest BCUT2D eigenvalue weighted by Gasteiger charge is 2.19. The first-order valence-corrected chi connectivity index (χ1v) is 6.80. The standard InChI is InChI=1S/C15H17N5O2/c1-5-8-10(6-2)9-11-16-12-13(20(7-3)18-11)17-15(22)19(4)14(12)21/h5-6,8H,1-2,7,9H2,3-4H3/b10-8+. The molecular formula is C15H17N5O2. The Kier molecular flexibility index (Phi) is 4.45. The average molecular weight is 299 g/mol. The van der Waals surface area contributed by atoms with Crippen molar-refractivity contribution in [2.24, 2.45) is 7.05 Å². The summed E-state index contributed by atoms with van der Waals surface area (Å²) in [5, 5.41) is 4.33. The van der Waals surface area contributed by atoms with Crippen LogP contribution in [-0.2, 0) is 20.0 Å². The SMILES string of the molecule is C=C/C=C(\C=C)Cc1nc2c(=O)n(C)c(=O)nc-2n(CC)n1. The van der Waals surface area contributed by atoms with Gasteiger partial charge in [0.15, 0.2) is 17.3 Å². The molecule has 0 aromatic heterocycles. The van der Waals surface area contributed by atoms with Crippen molar-refractivity contribution < 1.29 is 0 Å². The molecule has 0 saturated heterocycles. The fourth-order valence-electron chi connectivity index (χ4n) is 2.00. The van der Waals surface area contributed by atoms with E-state index in [-0.39, 0.29) is 11.5 Å². The lowest BCUT2D eigenvalue weighted by Gasteiger charge is -2.13. The number of nitrogens with zero attached hydrogens (tertiary/aromatic N) is 5. The Labute approximate surface area is 127 Å². The Morgan fingerprint density at radius 1 is 1.27 bits per heavy atom. The minimum Gasteiger partial charge on any atom is -0.267 e. The minimum absolute atomic E-state index is 0.135. The van der Waals surface area contributed by atoms with E-state index in [2.05, 4.69) is 28.2 Å². The van der Waals surface area contributed by atoms with E-state index in [1.165, 1.54) is 11.7 Å². The van der Waals surface area contributed by atoms with Gasteiger partial charge in [-0.3, -0.25) is 9.36 Å². The molecule has 0 bridgehead atoms. The molecule has 2 rings (SSSR count). The van der Waals surface area contributed by atoms with E-state index < -0.39 is 11.2 Å². The molecule has 0 atom stereocenters. The Morgan fingerprint density at radius 3 is 2.59 bits per heavy atom. The number of aryl methyl sites for hydroxylation is 1. The van der Waals surface area contributed by atoms with Crippen LogP contribution >= 0.6 is 0 Å². The number of hydrogen-bond acceptors (Lipinski definition) is 5. The molecule has 0 N–H and O–H groups in total. The summed E-state index contributed by atoms with van der Waals surface area (Å²) in [6.45, 7) is 9.69. The van der Waals surface area contributed by atoms with E-state index in [0.717, 1.165) is 10.1 Å². The van der Waals surface area contributed by atoms with Gasteiger partial charge in [0.25, 0.3) is 5.56 Å². The van der Waals surface area contributed by atoms with Crippen LogP contribution in [0.3, 0.4) is 0 Å². The summed E-state index contributed by atoms with van der Waals surface area (Å²) < 4.78 is 2.45. The highest BCUT2D eigenvalue weighted by atomic mass is 16.2. The zero-order valence-corrected chi connectivity index (χ0v) is 12.6. The van der Waals surface area contributed by atoms with Gasteiger partial charge in [-0.1, -0.05) is 31.4 Å². The second-order valence-electron chi connectivity index (χ2n) is 4.63. The molecule has 7 heteroatoms. The second kappa shape index (κ2) is 6.30. The van der Waals surface area contributed by atoms with Crippen LogP contribution in [0.2, 0.25) is 0 Å². The molecule has 0 fully saturated rings. The van der Waals surface area contributed by atoms with Gasteiger partial charge in [-0.15, -0.1) is 0 Å². The van der Waals surface area contributed by atoms with Crippen molar-refractivity contribution in [3.05, 3.63) is 63.6 Å². The van der Waals surface area contributed by atoms with Crippen LogP contribution in [0.15, 0.2) is 46.5 Å². The summed E-state index contributed by atoms with van der Waals surface area (Å²) in [6.07, 6.45) is 5.54. The Bertz CT molecular complexity index is 844. The van der Waals surface area contributed by atoms with Crippen molar-refractivity contribution >= 4 is 0 Å². The fraction of sp³-hybridized carbons (Fsp3) is 0.267. The summed E-state index contributed by atoms with van der Waals surface area (Å²) in [5.74, 6) is 0.659. The lowest BCUT2D eigenvalue weighted by atomic mass is 10.1. The van der Waals surface area contributed by atoms with Crippen LogP contribution in [-0.4, -0.2) is 24.3 Å². The molecular weight excluding hydrogens is 282 g/mol. The lowest BCUT2D eigenvalue weighted by Crippen LogP contribution is -2.37. The van der Waals surface area contributed by atoms with Gasteiger partial charge >= 0.3 is 5.69 Å². The van der Waals surface area contributed by atoms with E-state index in [4.69, 9.17) is 0 Å². The van der Waals surface area contributed by atoms with E-state index >= 15 is 0 Å². The topological polar surface area (TPSA) is 82.7 Å². The predicted molar refractivity (Wildman–Crippen MR) is 83.8 cm³/mol. The number of allylic oxidation sites excluding steroid dienone is 4. The monoisotopic (exact) mass is 299 g/mol. The first-order valence-electron chi connectivity index (χ1n) is 6.80. The number of fused-ring (bicyclic) bond motifs is 1. The summed E-state index contributed by atoms with van der Waals surface area (Å²) in [5.41, 5.74) is -0.0821. The third-order valence-corrected chi connectivity index (χ3v) is 3.18. The van der Waals surface area contributed by atoms with Gasteiger partial charge in [0.2, 0.25) is 0 Å². The van der Waals surface area contributed by atoms with E-state index in [0.29, 0.717) is 18.8 Å². The van der Waals surface area contributed by atoms with Gasteiger partial charge in [0.1, 0.15) is 0 Å². The van der Waals surface area contributed by atoms with Gasteiger partial charge in [-0.25, -0.2) is 14.5 Å². The molecule has 0 radical (unpaired) electrons. The molecule has 2 aliphatic heterocycles. The summed E-state index contributed by atoms with van der Waals surface area (Å²) >= 11 is 0. The van der Waals surface area contributed by atoms with Crippen LogP contribution in [0, 0.1) is 0 Å². The second-order valence-corrected chi connectivity index (χ2v) is 4.63. The number of rotatable bonds is 5. The van der Waals surface area contributed by atoms with Gasteiger partial charge in [-0.2, -0.15) is 10.1 Å². The summed E-state index contributed by atoms with van der Waals surface area (Å²) in [4.78, 5) is 32.0. The molecule has 0 spiro atoms. The maximum absolute atomic E-state index is 12.2. The van der Waals surface area contributed by atoms with E-state index in [9.17, 15) is 9.59 Å². The van der Waals surface area contributed by atoms with Gasteiger partial charge in [-0.05, 0) is 12.5 Å². The van der Waals surface area contributed by atoms with Crippen molar-refractivity contribution in [3.8, 4) is 11.5 Å². The molecule has 0 unspecified atom stereocenters. The molecule has 2 heterocycles. The molecule has 114 valence electrons. The van der Waals surface area contributed by atoms with Crippen LogP contribution < -0.4 is 11.2 Å². The third-order valence-electron chi connectivity index (χ3n) is 3.18. The zero-order chi connectivity index (χ0) is 16.3. The van der Waals surface area contributed by atoms with Gasteiger partial charge < -0.3 is 0 Å². The van der Waals surface area contributed by atoms with Crippen molar-refractivity contribution in [1.29, 1.82) is 0 Å². The fourth-order valence-corrected chi connectivity index (χ4v) is 2.00. The molecule has 0 amide bonds. The lowest BCUT2D eigenvalue weighted by molar-refractivity contribution is 0.590. The van der Waals surface area contributed by atoms with Crippen molar-refractivity contribution in [2.75, 3.05) is 0 Å². The molecule has 22 heavy (non-hydrogen) atoms. The Balaban J connectivity index is 2.69. The molecule has 0 saturated carbocycles. The predicted octanol–water partition coefficient (Wildman–Crippen LogP) is 0.698. The third kappa shape index (κ3) is 2.78. The average Bonchev–Trinajstić information content (AvgIpc) is 2.52. The first-order chi connectivity index (χ1) is 10.5. The number of aromatic nitrogens is 5. The zero-order valence-electron chi connectivity index (χ0n) is 12.6. The smallest absolute Gasteiger partial charge is 0.267 e. The van der Waals surface area contributed by atoms with Crippen molar-refractivity contribution in [3.63, 3.8) is 0 Å². The molecule has 0 aliphatic carbocycles. The Hall–Kier alpha value is -2.83. The van der Waals surface area contributed by atoms with Gasteiger partial charge in [0, 0.05) is 20.0 Å². The van der Waals surface area contributed by atoms with Crippen LogP contribution in [0.4, 0.5) is 0 Å². The normalized spacial score (nSPS) is 11.6. The Morgan fingerprint density at radius 2 is 2.00 bits per heavy atom. The maximum atomic E-state index is 12.2. The van der Waals surface area contributed by atoms with E-state index in [1.54, 1.807) is 18.2 Å². The molecule has 0 aromatic carbocycles. The van der Waals surface area contributed by atoms with Crippen LogP contribution in [0.25, 0.3) is 11.5 Å². The largest absolute Gasteiger partial charge is 0.352 e. The number of hydrogen-bond donors (Lipinski definition) is 0. The summed E-state index contributed by atoms with van der Waals surface area (Å²) in [6, 6.07) is 0. The minimum atomic E-state index is -0.616. The quantitative estimate of drug-likeness (QED) is 0.759. The van der Waals surface area contributed by atoms with E-state index in [1.807, 2.05) is 6.92 Å². The molecule has 0 aromatic rings. The first kappa shape index (κ1) is 15.6. The maximum Gasteiger partial charge on any atom is 0.352 e. The molecule has 2 aliphatic rings. The highest BCUT2D eigenvalue weighted by Crippen LogP contribution is 2.12. The van der Waals surface area contributed by atoms with Crippen LogP contribution in [0.5, 0.6) is 0 Å². The highest BCUT2D eigenvalue weighted by molar-refractivity contribution is 5.48. The van der Waals surface area contributed by atoms with Crippen molar-refractivity contribution in [1.82, 2.24) is 24.3 Å². The van der Waals surface area contributed by atoms with Crippen LogP contribution in [0.1, 0.15) is 12.7 Å². The molecule has 7 nitrogen and oxygen atoms in total.